The van der Waals surface area contributed by atoms with Gasteiger partial charge in [0.25, 0.3) is 5.91 Å². The van der Waals surface area contributed by atoms with Crippen LogP contribution in [0.4, 0.5) is 5.69 Å². The summed E-state index contributed by atoms with van der Waals surface area (Å²) in [4.78, 5) is 11.9. The van der Waals surface area contributed by atoms with Crippen molar-refractivity contribution in [3.05, 3.63) is 23.8 Å². The Morgan fingerprint density at radius 3 is 2.61 bits per heavy atom. The van der Waals surface area contributed by atoms with Crippen molar-refractivity contribution in [3.63, 3.8) is 0 Å². The van der Waals surface area contributed by atoms with Gasteiger partial charge in [-0.25, -0.2) is 0 Å². The lowest BCUT2D eigenvalue weighted by molar-refractivity contribution is 0.0949. The molecule has 1 amide bonds. The highest BCUT2D eigenvalue weighted by atomic mass is 16.5. The number of nitrogens with two attached hydrogens (primary N) is 1. The maximum absolute atomic E-state index is 11.9. The van der Waals surface area contributed by atoms with Crippen molar-refractivity contribution >= 4 is 11.6 Å². The van der Waals surface area contributed by atoms with Crippen LogP contribution in [-0.4, -0.2) is 19.6 Å². The minimum atomic E-state index is -0.0995. The molecule has 0 spiro atoms. The van der Waals surface area contributed by atoms with Crippen molar-refractivity contribution in [3.8, 4) is 5.75 Å². The molecule has 0 saturated carbocycles. The fraction of sp³-hybridized carbons (Fsp3) is 0.500. The molecular weight excluding hydrogens is 228 g/mol. The standard InChI is InChI=1S/C14H22N2O2/c1-14(2,3)7-8-16-13(17)10-5-6-11(15)12(9-10)18-4/h5-6,9H,7-8,15H2,1-4H3,(H,16,17). The largest absolute Gasteiger partial charge is 0.495 e. The van der Waals surface area contributed by atoms with Gasteiger partial charge in [0, 0.05) is 12.1 Å². The van der Waals surface area contributed by atoms with Gasteiger partial charge in [-0.1, -0.05) is 20.8 Å². The Hall–Kier alpha value is -1.71. The van der Waals surface area contributed by atoms with E-state index in [1.807, 2.05) is 0 Å². The Labute approximate surface area is 109 Å². The Balaban J connectivity index is 2.62. The second-order valence-electron chi connectivity index (χ2n) is 5.52. The number of anilines is 1. The smallest absolute Gasteiger partial charge is 0.251 e. The summed E-state index contributed by atoms with van der Waals surface area (Å²) in [5, 5.41) is 2.89. The predicted molar refractivity (Wildman–Crippen MR) is 73.8 cm³/mol. The first-order chi connectivity index (χ1) is 8.33. The summed E-state index contributed by atoms with van der Waals surface area (Å²) >= 11 is 0. The number of benzene rings is 1. The van der Waals surface area contributed by atoms with Gasteiger partial charge in [0.05, 0.1) is 12.8 Å². The maximum Gasteiger partial charge on any atom is 0.251 e. The molecule has 3 N–H and O–H groups in total. The molecule has 1 aromatic rings. The van der Waals surface area contributed by atoms with E-state index in [1.54, 1.807) is 18.2 Å². The molecule has 0 fully saturated rings. The molecule has 4 nitrogen and oxygen atoms in total. The molecule has 0 radical (unpaired) electrons. The molecule has 0 aliphatic rings. The van der Waals surface area contributed by atoms with Crippen LogP contribution in [0.2, 0.25) is 0 Å². The number of hydrogen-bond acceptors (Lipinski definition) is 3. The van der Waals surface area contributed by atoms with Crippen LogP contribution in [-0.2, 0) is 0 Å². The van der Waals surface area contributed by atoms with Gasteiger partial charge < -0.3 is 15.8 Å². The van der Waals surface area contributed by atoms with Crippen molar-refractivity contribution in [2.75, 3.05) is 19.4 Å². The predicted octanol–water partition coefficient (Wildman–Crippen LogP) is 2.44. The van der Waals surface area contributed by atoms with Gasteiger partial charge in [-0.2, -0.15) is 0 Å². The molecule has 0 aliphatic heterocycles. The molecule has 0 bridgehead atoms. The van der Waals surface area contributed by atoms with E-state index in [1.165, 1.54) is 7.11 Å². The Morgan fingerprint density at radius 2 is 2.06 bits per heavy atom. The topological polar surface area (TPSA) is 64.3 Å². The number of nitrogen functional groups attached to an aromatic ring is 1. The molecule has 1 aromatic carbocycles. The quantitative estimate of drug-likeness (QED) is 0.807. The summed E-state index contributed by atoms with van der Waals surface area (Å²) in [7, 11) is 1.53. The SMILES string of the molecule is COc1cc(C(=O)NCCC(C)(C)C)ccc1N. The van der Waals surface area contributed by atoms with Gasteiger partial charge >= 0.3 is 0 Å². The molecule has 4 heteroatoms. The van der Waals surface area contributed by atoms with Crippen LogP contribution >= 0.6 is 0 Å². The van der Waals surface area contributed by atoms with Crippen molar-refractivity contribution in [2.45, 2.75) is 27.2 Å². The van der Waals surface area contributed by atoms with Gasteiger partial charge in [0.15, 0.2) is 0 Å². The highest BCUT2D eigenvalue weighted by molar-refractivity contribution is 5.95. The molecule has 100 valence electrons. The summed E-state index contributed by atoms with van der Waals surface area (Å²) in [6, 6.07) is 5.03. The highest BCUT2D eigenvalue weighted by Crippen LogP contribution is 2.22. The van der Waals surface area contributed by atoms with Crippen LogP contribution in [0.5, 0.6) is 5.75 Å². The molecule has 0 aliphatic carbocycles. The van der Waals surface area contributed by atoms with Crippen LogP contribution in [0, 0.1) is 5.41 Å². The molecule has 0 aromatic heterocycles. The van der Waals surface area contributed by atoms with Crippen LogP contribution in [0.25, 0.3) is 0 Å². The van der Waals surface area contributed by atoms with Crippen LogP contribution < -0.4 is 15.8 Å². The normalized spacial score (nSPS) is 11.1. The van der Waals surface area contributed by atoms with Gasteiger partial charge in [0.1, 0.15) is 5.75 Å². The first-order valence-electron chi connectivity index (χ1n) is 6.05. The summed E-state index contributed by atoms with van der Waals surface area (Å²) in [5.41, 5.74) is 7.01. The summed E-state index contributed by atoms with van der Waals surface area (Å²) < 4.78 is 5.09. The van der Waals surface area contributed by atoms with Crippen LogP contribution in [0.3, 0.4) is 0 Å². The van der Waals surface area contributed by atoms with Gasteiger partial charge in [-0.05, 0) is 30.0 Å². The molecule has 0 atom stereocenters. The fourth-order valence-electron chi connectivity index (χ4n) is 1.51. The second kappa shape index (κ2) is 5.76. The summed E-state index contributed by atoms with van der Waals surface area (Å²) in [6.45, 7) is 7.09. The van der Waals surface area contributed by atoms with E-state index in [9.17, 15) is 4.79 Å². The zero-order valence-electron chi connectivity index (χ0n) is 11.5. The van der Waals surface area contributed by atoms with Crippen molar-refractivity contribution in [2.24, 2.45) is 5.41 Å². The van der Waals surface area contributed by atoms with Gasteiger partial charge in [0.2, 0.25) is 0 Å². The second-order valence-corrected chi connectivity index (χ2v) is 5.52. The molecule has 0 heterocycles. The number of amides is 1. The highest BCUT2D eigenvalue weighted by Gasteiger charge is 2.12. The van der Waals surface area contributed by atoms with E-state index in [4.69, 9.17) is 10.5 Å². The third-order valence-corrected chi connectivity index (χ3v) is 2.66. The molecular formula is C14H22N2O2. The molecule has 1 rings (SSSR count). The summed E-state index contributed by atoms with van der Waals surface area (Å²) in [5.74, 6) is 0.427. The van der Waals surface area contributed by atoms with E-state index < -0.39 is 0 Å². The maximum atomic E-state index is 11.9. The number of nitrogens with one attached hydrogen (secondary N) is 1. The van der Waals surface area contributed by atoms with E-state index >= 15 is 0 Å². The monoisotopic (exact) mass is 250 g/mol. The first kappa shape index (κ1) is 14.4. The lowest BCUT2D eigenvalue weighted by Crippen LogP contribution is -2.27. The van der Waals surface area contributed by atoms with E-state index in [2.05, 4.69) is 26.1 Å². The van der Waals surface area contributed by atoms with Gasteiger partial charge in [-0.3, -0.25) is 4.79 Å². The molecule has 18 heavy (non-hydrogen) atoms. The zero-order valence-corrected chi connectivity index (χ0v) is 11.5. The van der Waals surface area contributed by atoms with Gasteiger partial charge in [-0.15, -0.1) is 0 Å². The number of rotatable bonds is 4. The van der Waals surface area contributed by atoms with Crippen molar-refractivity contribution < 1.29 is 9.53 Å². The van der Waals surface area contributed by atoms with E-state index in [-0.39, 0.29) is 11.3 Å². The van der Waals surface area contributed by atoms with E-state index in [0.29, 0.717) is 23.5 Å². The minimum Gasteiger partial charge on any atom is -0.495 e. The Kier molecular flexibility index (Phi) is 4.59. The van der Waals surface area contributed by atoms with Crippen molar-refractivity contribution in [1.82, 2.24) is 5.32 Å². The lowest BCUT2D eigenvalue weighted by Gasteiger charge is -2.18. The average Bonchev–Trinajstić information content (AvgIpc) is 2.27. The fourth-order valence-corrected chi connectivity index (χ4v) is 1.51. The van der Waals surface area contributed by atoms with Crippen molar-refractivity contribution in [1.29, 1.82) is 0 Å². The Morgan fingerprint density at radius 1 is 1.39 bits per heavy atom. The number of methoxy groups -OCH3 is 1. The zero-order chi connectivity index (χ0) is 13.8. The van der Waals surface area contributed by atoms with Crippen LogP contribution in [0.15, 0.2) is 18.2 Å². The third kappa shape index (κ3) is 4.28. The number of ether oxygens (including phenoxy) is 1. The van der Waals surface area contributed by atoms with E-state index in [0.717, 1.165) is 6.42 Å². The first-order valence-corrected chi connectivity index (χ1v) is 6.05. The lowest BCUT2D eigenvalue weighted by atomic mass is 9.92. The summed E-state index contributed by atoms with van der Waals surface area (Å²) in [6.07, 6.45) is 0.935. The molecule has 0 saturated heterocycles. The third-order valence-electron chi connectivity index (χ3n) is 2.66. The van der Waals surface area contributed by atoms with Crippen LogP contribution in [0.1, 0.15) is 37.6 Å². The number of hydrogen-bond donors (Lipinski definition) is 2. The minimum absolute atomic E-state index is 0.0995. The number of carbonyl (C=O) groups excluding carboxylic acids is 1. The molecule has 0 unspecified atom stereocenters. The Bertz CT molecular complexity index is 422. The number of carbonyl (C=O) groups is 1. The average molecular weight is 250 g/mol.